The Balaban J connectivity index is 0.00000228. The Hall–Kier alpha value is -1.89. The maximum atomic E-state index is 12.9. The second kappa shape index (κ2) is 15.4. The summed E-state index contributed by atoms with van der Waals surface area (Å²) >= 11 is 0. The number of carbonyl (C=O) groups is 1. The number of nitrogens with zero attached hydrogens (tertiary/aromatic N) is 3. The average molecular weight is 538 g/mol. The van der Waals surface area contributed by atoms with Crippen LogP contribution in [0.4, 0.5) is 0 Å². The zero-order valence-corrected chi connectivity index (χ0v) is 23.3. The standard InChI is InChI=1S/C28H40N4O2.2ClH/c1-3-5-13-26-25(21-14-16-24(17-15-21)34-23-11-7-6-8-12-23)19-27(31-30-26)28(33)29-20-22-10-9-18-32(22)4-2;;/h14-17,19,22-23H,3-13,18,20H2,1-2H3,(H,29,33);2*1H/t22-;;/m1../s1. The van der Waals surface area contributed by atoms with Crippen LogP contribution in [0.1, 0.15) is 87.8 Å². The van der Waals surface area contributed by atoms with Crippen LogP contribution in [0.2, 0.25) is 0 Å². The molecule has 0 bridgehead atoms. The molecule has 1 aromatic carbocycles. The van der Waals surface area contributed by atoms with Crippen LogP contribution >= 0.6 is 24.8 Å². The summed E-state index contributed by atoms with van der Waals surface area (Å²) < 4.78 is 6.21. The topological polar surface area (TPSA) is 67.4 Å². The fourth-order valence-electron chi connectivity index (χ4n) is 5.24. The van der Waals surface area contributed by atoms with Gasteiger partial charge < -0.3 is 10.1 Å². The molecule has 0 spiro atoms. The number of hydrogen-bond donors (Lipinski definition) is 1. The number of hydrogen-bond acceptors (Lipinski definition) is 5. The molecular weight excluding hydrogens is 495 g/mol. The van der Waals surface area contributed by atoms with Crippen LogP contribution < -0.4 is 10.1 Å². The van der Waals surface area contributed by atoms with Gasteiger partial charge in [-0.05, 0) is 88.2 Å². The van der Waals surface area contributed by atoms with E-state index in [9.17, 15) is 4.79 Å². The van der Waals surface area contributed by atoms with E-state index in [1.807, 2.05) is 18.2 Å². The van der Waals surface area contributed by atoms with Crippen LogP contribution in [-0.2, 0) is 6.42 Å². The van der Waals surface area contributed by atoms with Crippen molar-refractivity contribution < 1.29 is 9.53 Å². The smallest absolute Gasteiger partial charge is 0.271 e. The molecule has 2 aliphatic rings. The SMILES string of the molecule is CCCCc1nnc(C(=O)NC[C@H]2CCCN2CC)cc1-c1ccc(OC2CCCCC2)cc1.Cl.Cl. The number of likely N-dealkylation sites (tertiary alicyclic amines) is 1. The maximum absolute atomic E-state index is 12.9. The first-order valence-electron chi connectivity index (χ1n) is 13.3. The molecule has 2 fully saturated rings. The minimum Gasteiger partial charge on any atom is -0.490 e. The summed E-state index contributed by atoms with van der Waals surface area (Å²) in [5.41, 5.74) is 3.39. The molecule has 1 saturated carbocycles. The lowest BCUT2D eigenvalue weighted by Gasteiger charge is -2.23. The third kappa shape index (κ3) is 8.06. The molecule has 1 atom stereocenters. The minimum atomic E-state index is -0.143. The molecule has 1 aliphatic carbocycles. The lowest BCUT2D eigenvalue weighted by molar-refractivity contribution is 0.0935. The highest BCUT2D eigenvalue weighted by Crippen LogP contribution is 2.28. The van der Waals surface area contributed by atoms with Crippen molar-refractivity contribution >= 4 is 30.7 Å². The summed E-state index contributed by atoms with van der Waals surface area (Å²) in [4.78, 5) is 15.4. The summed E-state index contributed by atoms with van der Waals surface area (Å²) in [7, 11) is 0. The molecule has 1 aromatic heterocycles. The molecule has 200 valence electrons. The first-order chi connectivity index (χ1) is 16.7. The van der Waals surface area contributed by atoms with E-state index in [4.69, 9.17) is 4.74 Å². The van der Waals surface area contributed by atoms with Crippen LogP contribution in [0.3, 0.4) is 0 Å². The van der Waals surface area contributed by atoms with E-state index in [-0.39, 0.29) is 30.7 Å². The Labute approximate surface area is 228 Å². The van der Waals surface area contributed by atoms with Crippen molar-refractivity contribution in [2.75, 3.05) is 19.6 Å². The number of aromatic nitrogens is 2. The highest BCUT2D eigenvalue weighted by molar-refractivity contribution is 5.93. The van der Waals surface area contributed by atoms with E-state index >= 15 is 0 Å². The van der Waals surface area contributed by atoms with Gasteiger partial charge >= 0.3 is 0 Å². The normalized spacial score (nSPS) is 18.2. The van der Waals surface area contributed by atoms with Crippen LogP contribution in [-0.4, -0.2) is 52.8 Å². The number of aryl methyl sites for hydroxylation is 1. The first kappa shape index (κ1) is 30.3. The van der Waals surface area contributed by atoms with Gasteiger partial charge in [-0.15, -0.1) is 29.9 Å². The molecule has 1 N–H and O–H groups in total. The molecular formula is C28H42Cl2N4O2. The third-order valence-corrected chi connectivity index (χ3v) is 7.29. The number of amides is 1. The fraction of sp³-hybridized carbons (Fsp3) is 0.607. The fourth-order valence-corrected chi connectivity index (χ4v) is 5.24. The van der Waals surface area contributed by atoms with Crippen LogP contribution in [0.15, 0.2) is 30.3 Å². The zero-order chi connectivity index (χ0) is 23.8. The van der Waals surface area contributed by atoms with Gasteiger partial charge in [-0.3, -0.25) is 9.69 Å². The number of halogens is 2. The van der Waals surface area contributed by atoms with Crippen molar-refractivity contribution in [3.8, 4) is 16.9 Å². The number of likely N-dealkylation sites (N-methyl/N-ethyl adjacent to an activating group) is 1. The van der Waals surface area contributed by atoms with Crippen molar-refractivity contribution in [2.45, 2.75) is 90.2 Å². The van der Waals surface area contributed by atoms with E-state index in [1.165, 1.54) is 25.7 Å². The molecule has 8 heteroatoms. The van der Waals surface area contributed by atoms with E-state index in [0.29, 0.717) is 24.4 Å². The quantitative estimate of drug-likeness (QED) is 0.388. The summed E-state index contributed by atoms with van der Waals surface area (Å²) in [6.07, 6.45) is 11.8. The third-order valence-electron chi connectivity index (χ3n) is 7.29. The highest BCUT2D eigenvalue weighted by Gasteiger charge is 2.24. The van der Waals surface area contributed by atoms with Gasteiger partial charge in [0, 0.05) is 18.2 Å². The zero-order valence-electron chi connectivity index (χ0n) is 21.7. The number of ether oxygens (including phenoxy) is 1. The predicted molar refractivity (Wildman–Crippen MR) is 151 cm³/mol. The number of nitrogens with one attached hydrogen (secondary N) is 1. The van der Waals surface area contributed by atoms with Crippen molar-refractivity contribution in [2.24, 2.45) is 0 Å². The van der Waals surface area contributed by atoms with Gasteiger partial charge in [-0.1, -0.05) is 38.8 Å². The minimum absolute atomic E-state index is 0. The van der Waals surface area contributed by atoms with Crippen LogP contribution in [0.5, 0.6) is 5.75 Å². The molecule has 2 aromatic rings. The maximum Gasteiger partial charge on any atom is 0.271 e. The van der Waals surface area contributed by atoms with Gasteiger partial charge in [-0.2, -0.15) is 5.10 Å². The summed E-state index contributed by atoms with van der Waals surface area (Å²) in [6.45, 7) is 7.16. The summed E-state index contributed by atoms with van der Waals surface area (Å²) in [6, 6.07) is 10.6. The van der Waals surface area contributed by atoms with Gasteiger partial charge in [0.25, 0.3) is 5.91 Å². The van der Waals surface area contributed by atoms with E-state index in [2.05, 4.69) is 46.4 Å². The Morgan fingerprint density at radius 3 is 2.47 bits per heavy atom. The molecule has 0 unspecified atom stereocenters. The van der Waals surface area contributed by atoms with Crippen molar-refractivity contribution in [3.63, 3.8) is 0 Å². The second-order valence-corrected chi connectivity index (χ2v) is 9.73. The number of benzene rings is 1. The summed E-state index contributed by atoms with van der Waals surface area (Å²) in [5.74, 6) is 0.777. The molecule has 6 nitrogen and oxygen atoms in total. The van der Waals surface area contributed by atoms with E-state index < -0.39 is 0 Å². The van der Waals surface area contributed by atoms with Crippen molar-refractivity contribution in [3.05, 3.63) is 41.7 Å². The molecule has 1 amide bonds. The lowest BCUT2D eigenvalue weighted by atomic mass is 9.97. The molecule has 0 radical (unpaired) electrons. The average Bonchev–Trinajstić information content (AvgIpc) is 3.35. The number of rotatable bonds is 10. The lowest BCUT2D eigenvalue weighted by Crippen LogP contribution is -2.40. The largest absolute Gasteiger partial charge is 0.490 e. The van der Waals surface area contributed by atoms with Gasteiger partial charge in [-0.25, -0.2) is 0 Å². The Kier molecular flexibility index (Phi) is 13.0. The second-order valence-electron chi connectivity index (χ2n) is 9.73. The Bertz CT molecular complexity index is 936. The first-order valence-corrected chi connectivity index (χ1v) is 13.3. The van der Waals surface area contributed by atoms with Crippen LogP contribution in [0.25, 0.3) is 11.1 Å². The molecule has 2 heterocycles. The number of unbranched alkanes of at least 4 members (excludes halogenated alkanes) is 1. The molecule has 1 saturated heterocycles. The molecule has 36 heavy (non-hydrogen) atoms. The predicted octanol–water partition coefficient (Wildman–Crippen LogP) is 6.26. The van der Waals surface area contributed by atoms with Crippen LogP contribution in [0, 0.1) is 0 Å². The Morgan fingerprint density at radius 2 is 1.78 bits per heavy atom. The van der Waals surface area contributed by atoms with Gasteiger partial charge in [0.15, 0.2) is 5.69 Å². The number of carbonyl (C=O) groups excluding carboxylic acids is 1. The molecule has 1 aliphatic heterocycles. The van der Waals surface area contributed by atoms with E-state index in [0.717, 1.165) is 74.2 Å². The van der Waals surface area contributed by atoms with Crippen molar-refractivity contribution in [1.29, 1.82) is 0 Å². The van der Waals surface area contributed by atoms with Crippen molar-refractivity contribution in [1.82, 2.24) is 20.4 Å². The Morgan fingerprint density at radius 1 is 1.03 bits per heavy atom. The monoisotopic (exact) mass is 536 g/mol. The molecule has 4 rings (SSSR count). The van der Waals surface area contributed by atoms with Gasteiger partial charge in [0.05, 0.1) is 11.8 Å². The van der Waals surface area contributed by atoms with E-state index in [1.54, 1.807) is 0 Å². The highest BCUT2D eigenvalue weighted by atomic mass is 35.5. The summed E-state index contributed by atoms with van der Waals surface area (Å²) in [5, 5.41) is 11.9. The van der Waals surface area contributed by atoms with Gasteiger partial charge in [0.2, 0.25) is 0 Å². The van der Waals surface area contributed by atoms with Gasteiger partial charge in [0.1, 0.15) is 5.75 Å².